The fraction of sp³-hybridized carbons (Fsp3) is 0.217. The van der Waals surface area contributed by atoms with Gasteiger partial charge in [-0.05, 0) is 29.2 Å². The summed E-state index contributed by atoms with van der Waals surface area (Å²) in [7, 11) is 0. The summed E-state index contributed by atoms with van der Waals surface area (Å²) < 4.78 is 44.2. The van der Waals surface area contributed by atoms with Gasteiger partial charge < -0.3 is 4.52 Å². The lowest BCUT2D eigenvalue weighted by atomic mass is 9.86. The summed E-state index contributed by atoms with van der Waals surface area (Å²) in [6.45, 7) is 6.24. The lowest BCUT2D eigenvalue weighted by Crippen LogP contribution is -2.14. The van der Waals surface area contributed by atoms with Gasteiger partial charge in [-0.15, -0.1) is 0 Å². The Morgan fingerprint density at radius 3 is 2.36 bits per heavy atom. The van der Waals surface area contributed by atoms with Gasteiger partial charge >= 0.3 is 6.18 Å². The van der Waals surface area contributed by atoms with Crippen LogP contribution in [-0.2, 0) is 11.6 Å². The topological polar surface area (TPSA) is 91.3 Å². The van der Waals surface area contributed by atoms with Crippen molar-refractivity contribution in [2.24, 2.45) is 5.10 Å². The molecule has 3 rings (SSSR count). The highest BCUT2D eigenvalue weighted by atomic mass is 35.5. The van der Waals surface area contributed by atoms with E-state index in [0.29, 0.717) is 11.3 Å². The third kappa shape index (κ3) is 5.59. The smallest absolute Gasteiger partial charge is 0.356 e. The fourth-order valence-electron chi connectivity index (χ4n) is 2.83. The highest BCUT2D eigenvalue weighted by Gasteiger charge is 2.33. The minimum Gasteiger partial charge on any atom is -0.356 e. The average molecular weight is 475 g/mol. The first-order chi connectivity index (χ1) is 15.4. The van der Waals surface area contributed by atoms with Crippen LogP contribution in [0.4, 0.5) is 18.9 Å². The second-order valence-corrected chi connectivity index (χ2v) is 8.52. The van der Waals surface area contributed by atoms with Gasteiger partial charge in [-0.3, -0.25) is 10.2 Å². The third-order valence-electron chi connectivity index (χ3n) is 4.67. The van der Waals surface area contributed by atoms with Crippen LogP contribution in [0.2, 0.25) is 5.02 Å². The van der Waals surface area contributed by atoms with E-state index in [-0.39, 0.29) is 16.8 Å². The molecule has 1 aromatic heterocycles. The zero-order chi connectivity index (χ0) is 24.4. The van der Waals surface area contributed by atoms with Gasteiger partial charge in [0.15, 0.2) is 11.5 Å². The maximum Gasteiger partial charge on any atom is 0.417 e. The van der Waals surface area contributed by atoms with E-state index in [9.17, 15) is 23.2 Å². The number of ketones is 1. The van der Waals surface area contributed by atoms with E-state index in [1.54, 1.807) is 6.07 Å². The summed E-state index contributed by atoms with van der Waals surface area (Å²) in [5.41, 5.74) is 2.08. The molecule has 33 heavy (non-hydrogen) atoms. The largest absolute Gasteiger partial charge is 0.417 e. The van der Waals surface area contributed by atoms with Gasteiger partial charge in [-0.25, -0.2) is 0 Å². The van der Waals surface area contributed by atoms with Crippen LogP contribution >= 0.6 is 11.6 Å². The molecule has 0 aliphatic heterocycles. The van der Waals surface area contributed by atoms with Crippen molar-refractivity contribution in [1.29, 1.82) is 5.26 Å². The number of nitrogens with zero attached hydrogens (tertiary/aromatic N) is 3. The Balaban J connectivity index is 1.80. The predicted molar refractivity (Wildman–Crippen MR) is 118 cm³/mol. The second-order valence-electron chi connectivity index (χ2n) is 8.11. The number of nitrogens with one attached hydrogen (secondary N) is 1. The van der Waals surface area contributed by atoms with Crippen molar-refractivity contribution in [3.8, 4) is 17.4 Å². The van der Waals surface area contributed by atoms with Crippen LogP contribution in [0.3, 0.4) is 0 Å². The Hall–Kier alpha value is -3.64. The van der Waals surface area contributed by atoms with E-state index in [1.165, 1.54) is 12.1 Å². The standard InChI is InChI=1S/C23H18ClF3N4O2/c1-22(2,3)14-6-4-13(5-7-14)20-11-18(31-33-20)21(32)19(12-28)30-29-15-8-9-17(24)16(10-15)23(25,26)27/h4-11,29H,1-3H3. The highest BCUT2D eigenvalue weighted by Crippen LogP contribution is 2.36. The lowest BCUT2D eigenvalue weighted by molar-refractivity contribution is -0.137. The number of halogens is 4. The van der Waals surface area contributed by atoms with Crippen LogP contribution in [0.1, 0.15) is 42.4 Å². The van der Waals surface area contributed by atoms with Crippen molar-refractivity contribution in [3.05, 3.63) is 70.4 Å². The molecule has 0 saturated heterocycles. The number of rotatable bonds is 5. The molecular weight excluding hydrogens is 457 g/mol. The highest BCUT2D eigenvalue weighted by molar-refractivity contribution is 6.51. The number of alkyl halides is 3. The number of Topliss-reactive ketones (excluding diaryl/α,β-unsaturated/α-hetero) is 1. The number of hydrogen-bond acceptors (Lipinski definition) is 6. The van der Waals surface area contributed by atoms with Crippen molar-refractivity contribution in [2.75, 3.05) is 5.43 Å². The van der Waals surface area contributed by atoms with Crippen LogP contribution in [-0.4, -0.2) is 16.7 Å². The molecule has 0 radical (unpaired) electrons. The van der Waals surface area contributed by atoms with E-state index in [0.717, 1.165) is 17.7 Å². The van der Waals surface area contributed by atoms with Crippen molar-refractivity contribution in [2.45, 2.75) is 32.4 Å². The third-order valence-corrected chi connectivity index (χ3v) is 5.00. The summed E-state index contributed by atoms with van der Waals surface area (Å²) in [5.74, 6) is -0.534. The number of hydrazone groups is 1. The lowest BCUT2D eigenvalue weighted by Gasteiger charge is -2.18. The number of aromatic nitrogens is 1. The molecule has 0 atom stereocenters. The summed E-state index contributed by atoms with van der Waals surface area (Å²) in [6.07, 6.45) is -4.67. The molecule has 0 aliphatic carbocycles. The Bertz CT molecular complexity index is 1250. The van der Waals surface area contributed by atoms with Gasteiger partial charge in [-0.1, -0.05) is 61.8 Å². The maximum absolute atomic E-state index is 13.0. The van der Waals surface area contributed by atoms with E-state index in [4.69, 9.17) is 16.1 Å². The predicted octanol–water partition coefficient (Wildman–Crippen LogP) is 6.49. The molecule has 1 N–H and O–H groups in total. The van der Waals surface area contributed by atoms with E-state index < -0.39 is 28.3 Å². The van der Waals surface area contributed by atoms with E-state index >= 15 is 0 Å². The Morgan fingerprint density at radius 1 is 1.12 bits per heavy atom. The minimum absolute atomic E-state index is 0.0306. The molecule has 0 amide bonds. The molecule has 3 aromatic rings. The number of anilines is 1. The number of carbonyl (C=O) groups is 1. The van der Waals surface area contributed by atoms with Crippen LogP contribution < -0.4 is 5.43 Å². The minimum atomic E-state index is -4.67. The molecule has 170 valence electrons. The normalized spacial score (nSPS) is 12.4. The van der Waals surface area contributed by atoms with Crippen LogP contribution in [0.25, 0.3) is 11.3 Å². The second kappa shape index (κ2) is 9.08. The first kappa shape index (κ1) is 24.0. The average Bonchev–Trinajstić information content (AvgIpc) is 3.24. The van der Waals surface area contributed by atoms with Crippen LogP contribution in [0.5, 0.6) is 0 Å². The van der Waals surface area contributed by atoms with Crippen molar-refractivity contribution < 1.29 is 22.5 Å². The van der Waals surface area contributed by atoms with Gasteiger partial charge in [0, 0.05) is 11.6 Å². The SMILES string of the molecule is CC(C)(C)c1ccc(-c2cc(C(=O)C(C#N)=NNc3ccc(Cl)c(C(F)(F)F)c3)no2)cc1. The van der Waals surface area contributed by atoms with Gasteiger partial charge in [0.2, 0.25) is 11.5 Å². The van der Waals surface area contributed by atoms with Crippen LogP contribution in [0, 0.1) is 11.3 Å². The molecule has 0 aliphatic rings. The zero-order valence-electron chi connectivity index (χ0n) is 17.8. The Labute approximate surface area is 192 Å². The maximum atomic E-state index is 13.0. The van der Waals surface area contributed by atoms with Crippen molar-refractivity contribution >= 4 is 28.8 Å². The zero-order valence-corrected chi connectivity index (χ0v) is 18.5. The monoisotopic (exact) mass is 474 g/mol. The molecule has 6 nitrogen and oxygen atoms in total. The van der Waals surface area contributed by atoms with Crippen molar-refractivity contribution in [1.82, 2.24) is 5.16 Å². The molecular formula is C23H18ClF3N4O2. The van der Waals surface area contributed by atoms with Gasteiger partial charge in [0.1, 0.15) is 6.07 Å². The van der Waals surface area contributed by atoms with Gasteiger partial charge in [-0.2, -0.15) is 23.5 Å². The van der Waals surface area contributed by atoms with Gasteiger partial charge in [0.25, 0.3) is 0 Å². The molecule has 2 aromatic carbocycles. The number of benzene rings is 2. The quantitative estimate of drug-likeness (QED) is 0.259. The number of hydrogen-bond donors (Lipinski definition) is 1. The number of carbonyl (C=O) groups excluding carboxylic acids is 1. The molecule has 10 heteroatoms. The van der Waals surface area contributed by atoms with Crippen molar-refractivity contribution in [3.63, 3.8) is 0 Å². The summed E-state index contributed by atoms with van der Waals surface area (Å²) in [4.78, 5) is 12.6. The van der Waals surface area contributed by atoms with Gasteiger partial charge in [0.05, 0.1) is 16.3 Å². The molecule has 1 heterocycles. The summed E-state index contributed by atoms with van der Waals surface area (Å²) >= 11 is 5.58. The first-order valence-corrected chi connectivity index (χ1v) is 10.0. The van der Waals surface area contributed by atoms with Crippen LogP contribution in [0.15, 0.2) is 58.2 Å². The van der Waals surface area contributed by atoms with E-state index in [1.807, 2.05) is 24.3 Å². The molecule has 0 saturated carbocycles. The van der Waals surface area contributed by atoms with E-state index in [2.05, 4.69) is 36.5 Å². The Morgan fingerprint density at radius 2 is 1.79 bits per heavy atom. The number of nitriles is 1. The molecule has 0 unspecified atom stereocenters. The molecule has 0 spiro atoms. The molecule has 0 fully saturated rings. The Kier molecular flexibility index (Phi) is 6.60. The fourth-order valence-corrected chi connectivity index (χ4v) is 3.06. The summed E-state index contributed by atoms with van der Waals surface area (Å²) in [6, 6.07) is 13.5. The first-order valence-electron chi connectivity index (χ1n) is 9.63. The summed E-state index contributed by atoms with van der Waals surface area (Å²) in [5, 5.41) is 16.1. The molecule has 0 bridgehead atoms.